The number of halogens is 2. The summed E-state index contributed by atoms with van der Waals surface area (Å²) in [4.78, 5) is 17.8. The van der Waals surface area contributed by atoms with Crippen LogP contribution < -0.4 is 18.9 Å². The van der Waals surface area contributed by atoms with Crippen LogP contribution in [0.3, 0.4) is 0 Å². The molecular formula is C35H31F2N3O6. The first kappa shape index (κ1) is 30.8. The Bertz CT molecular complexity index is 1780. The number of benzene rings is 3. The summed E-state index contributed by atoms with van der Waals surface area (Å²) in [6.45, 7) is 1.78. The number of carboxylic acids is 1. The van der Waals surface area contributed by atoms with Crippen LogP contribution in [0, 0.1) is 11.3 Å². The van der Waals surface area contributed by atoms with Gasteiger partial charge in [-0.05, 0) is 60.3 Å². The molecule has 0 radical (unpaired) electrons. The number of fused-ring (bicyclic) bond motifs is 1. The lowest BCUT2D eigenvalue weighted by atomic mass is 9.95. The van der Waals surface area contributed by atoms with Gasteiger partial charge in [-0.1, -0.05) is 30.3 Å². The number of carboxylic acid groups (broad SMARTS) is 1. The zero-order valence-corrected chi connectivity index (χ0v) is 24.8. The number of pyridine rings is 1. The van der Waals surface area contributed by atoms with Gasteiger partial charge in [-0.25, -0.2) is 8.78 Å². The van der Waals surface area contributed by atoms with E-state index in [1.165, 1.54) is 6.20 Å². The molecule has 1 atom stereocenters. The van der Waals surface area contributed by atoms with Gasteiger partial charge in [-0.2, -0.15) is 5.26 Å². The molecule has 11 heteroatoms. The van der Waals surface area contributed by atoms with Gasteiger partial charge < -0.3 is 24.1 Å². The molecule has 0 bridgehead atoms. The Hall–Kier alpha value is -5.21. The highest BCUT2D eigenvalue weighted by Crippen LogP contribution is 2.39. The second-order valence-corrected chi connectivity index (χ2v) is 11.0. The first-order valence-corrected chi connectivity index (χ1v) is 14.9. The summed E-state index contributed by atoms with van der Waals surface area (Å²) in [6.07, 6.45) is 1.64. The first-order chi connectivity index (χ1) is 22.4. The maximum absolute atomic E-state index is 14.6. The van der Waals surface area contributed by atoms with Crippen LogP contribution in [0.25, 0.3) is 11.1 Å². The Morgan fingerprint density at radius 1 is 1.02 bits per heavy atom. The van der Waals surface area contributed by atoms with Crippen LogP contribution in [0.4, 0.5) is 8.78 Å². The van der Waals surface area contributed by atoms with E-state index in [0.29, 0.717) is 83.5 Å². The largest absolute Gasteiger partial charge is 0.489 e. The van der Waals surface area contributed by atoms with Crippen LogP contribution in [0.15, 0.2) is 73.1 Å². The predicted octanol–water partition coefficient (Wildman–Crippen LogP) is 6.54. The third-order valence-electron chi connectivity index (χ3n) is 8.04. The molecule has 236 valence electrons. The minimum absolute atomic E-state index is 0.106. The molecular weight excluding hydrogens is 596 g/mol. The number of rotatable bonds is 11. The number of aromatic nitrogens is 1. The summed E-state index contributed by atoms with van der Waals surface area (Å²) >= 11 is 0. The van der Waals surface area contributed by atoms with Crippen molar-refractivity contribution in [3.05, 3.63) is 101 Å². The minimum atomic E-state index is -2.76. The van der Waals surface area contributed by atoms with Gasteiger partial charge in [0.15, 0.2) is 11.5 Å². The summed E-state index contributed by atoms with van der Waals surface area (Å²) in [5.41, 5.74) is 2.98. The number of alkyl halides is 2. The van der Waals surface area contributed by atoms with Crippen molar-refractivity contribution in [2.75, 3.05) is 19.8 Å². The summed E-state index contributed by atoms with van der Waals surface area (Å²) in [7, 11) is 0. The van der Waals surface area contributed by atoms with E-state index in [1.807, 2.05) is 4.90 Å². The SMILES string of the molecule is N#Cc1cncc(COc2cc(OCc3cccc(-c4ccc5c(c4)OCCO5)c3C(F)F)ccc2CN2CCC[C@H]2C(=O)O)c1. The smallest absolute Gasteiger partial charge is 0.320 e. The van der Waals surface area contributed by atoms with Gasteiger partial charge in [0.1, 0.15) is 50.0 Å². The Balaban J connectivity index is 1.25. The maximum atomic E-state index is 14.6. The summed E-state index contributed by atoms with van der Waals surface area (Å²) in [5.74, 6) is 1.07. The van der Waals surface area contributed by atoms with E-state index in [-0.39, 0.29) is 18.8 Å². The van der Waals surface area contributed by atoms with Gasteiger partial charge in [0.25, 0.3) is 6.43 Å². The average Bonchev–Trinajstić information content (AvgIpc) is 3.55. The van der Waals surface area contributed by atoms with Gasteiger partial charge >= 0.3 is 5.97 Å². The van der Waals surface area contributed by atoms with E-state index in [4.69, 9.17) is 18.9 Å². The topological polar surface area (TPSA) is 114 Å². The maximum Gasteiger partial charge on any atom is 0.320 e. The molecule has 0 spiro atoms. The third kappa shape index (κ3) is 6.87. The van der Waals surface area contributed by atoms with E-state index in [2.05, 4.69) is 11.1 Å². The molecule has 4 aromatic rings. The van der Waals surface area contributed by atoms with Crippen molar-refractivity contribution >= 4 is 5.97 Å². The second-order valence-electron chi connectivity index (χ2n) is 11.0. The van der Waals surface area contributed by atoms with E-state index in [9.17, 15) is 23.9 Å². The molecule has 2 aliphatic heterocycles. The highest BCUT2D eigenvalue weighted by molar-refractivity contribution is 5.74. The van der Waals surface area contributed by atoms with Crippen LogP contribution in [0.1, 0.15) is 47.1 Å². The number of hydrogen-bond donors (Lipinski definition) is 1. The Kier molecular flexibility index (Phi) is 9.26. The third-order valence-corrected chi connectivity index (χ3v) is 8.04. The van der Waals surface area contributed by atoms with Crippen molar-refractivity contribution in [3.63, 3.8) is 0 Å². The molecule has 0 aliphatic carbocycles. The molecule has 0 saturated carbocycles. The van der Waals surface area contributed by atoms with E-state index in [1.54, 1.807) is 66.9 Å². The minimum Gasteiger partial charge on any atom is -0.489 e. The molecule has 0 unspecified atom stereocenters. The fourth-order valence-electron chi connectivity index (χ4n) is 5.81. The lowest BCUT2D eigenvalue weighted by Gasteiger charge is -2.23. The van der Waals surface area contributed by atoms with Crippen molar-refractivity contribution in [3.8, 4) is 40.2 Å². The zero-order chi connectivity index (χ0) is 32.0. The first-order valence-electron chi connectivity index (χ1n) is 14.9. The monoisotopic (exact) mass is 627 g/mol. The average molecular weight is 628 g/mol. The molecule has 46 heavy (non-hydrogen) atoms. The fraction of sp³-hybridized carbons (Fsp3) is 0.286. The lowest BCUT2D eigenvalue weighted by molar-refractivity contribution is -0.142. The number of nitrogens with zero attached hydrogens (tertiary/aromatic N) is 3. The zero-order valence-electron chi connectivity index (χ0n) is 24.8. The number of carbonyl (C=O) groups is 1. The van der Waals surface area contributed by atoms with E-state index < -0.39 is 18.4 Å². The quantitative estimate of drug-likeness (QED) is 0.198. The Labute approximate surface area is 264 Å². The number of nitriles is 1. The van der Waals surface area contributed by atoms with Crippen LogP contribution in [0.5, 0.6) is 23.0 Å². The van der Waals surface area contributed by atoms with Crippen molar-refractivity contribution < 1.29 is 37.6 Å². The molecule has 9 nitrogen and oxygen atoms in total. The molecule has 0 amide bonds. The predicted molar refractivity (Wildman–Crippen MR) is 163 cm³/mol. The summed E-state index contributed by atoms with van der Waals surface area (Å²) < 4.78 is 52.6. The standard InChI is InChI=1S/C35H31F2N3O6/c36-34(37)33-26(3-1-4-28(33)24-7-9-30-32(14-24)44-12-11-43-30)21-45-27-8-6-25(19-40-10-2-5-29(40)35(41)42)31(15-27)46-20-23-13-22(16-38)17-39-18-23/h1,3-4,6-9,13-15,17-18,29,34H,2,5,10-12,19-21H2,(H,41,42)/t29-/m0/s1. The number of ether oxygens (including phenoxy) is 4. The number of aliphatic carboxylic acids is 1. The number of likely N-dealkylation sites (tertiary alicyclic amines) is 1. The molecule has 3 heterocycles. The highest BCUT2D eigenvalue weighted by Gasteiger charge is 2.31. The fourth-order valence-corrected chi connectivity index (χ4v) is 5.81. The Morgan fingerprint density at radius 3 is 2.67 bits per heavy atom. The second kappa shape index (κ2) is 13.8. The highest BCUT2D eigenvalue weighted by atomic mass is 19.3. The normalized spacial score (nSPS) is 15.8. The molecule has 1 aromatic heterocycles. The van der Waals surface area contributed by atoms with Gasteiger partial charge in [0, 0.05) is 41.7 Å². The van der Waals surface area contributed by atoms with Crippen molar-refractivity contribution in [1.82, 2.24) is 9.88 Å². The van der Waals surface area contributed by atoms with Crippen molar-refractivity contribution in [1.29, 1.82) is 5.26 Å². The Morgan fingerprint density at radius 2 is 1.87 bits per heavy atom. The van der Waals surface area contributed by atoms with Gasteiger partial charge in [-0.3, -0.25) is 14.7 Å². The molecule has 2 aliphatic rings. The van der Waals surface area contributed by atoms with Crippen molar-refractivity contribution in [2.24, 2.45) is 0 Å². The van der Waals surface area contributed by atoms with E-state index in [0.717, 1.165) is 12.0 Å². The van der Waals surface area contributed by atoms with Crippen LogP contribution in [-0.2, 0) is 24.6 Å². The molecule has 1 saturated heterocycles. The lowest BCUT2D eigenvalue weighted by Crippen LogP contribution is -2.35. The van der Waals surface area contributed by atoms with Gasteiger partial charge in [-0.15, -0.1) is 0 Å². The van der Waals surface area contributed by atoms with Gasteiger partial charge in [0.05, 0.1) is 5.56 Å². The van der Waals surface area contributed by atoms with Crippen LogP contribution in [-0.4, -0.2) is 46.8 Å². The summed E-state index contributed by atoms with van der Waals surface area (Å²) in [5, 5.41) is 18.9. The summed E-state index contributed by atoms with van der Waals surface area (Å²) in [6, 6.07) is 18.5. The molecule has 1 N–H and O–H groups in total. The van der Waals surface area contributed by atoms with E-state index >= 15 is 0 Å². The van der Waals surface area contributed by atoms with Crippen molar-refractivity contribution in [2.45, 2.75) is 45.1 Å². The van der Waals surface area contributed by atoms with Crippen LogP contribution in [0.2, 0.25) is 0 Å². The molecule has 1 fully saturated rings. The van der Waals surface area contributed by atoms with Crippen LogP contribution >= 0.6 is 0 Å². The van der Waals surface area contributed by atoms with Gasteiger partial charge in [0.2, 0.25) is 0 Å². The molecule has 6 rings (SSSR count). The number of hydrogen-bond acceptors (Lipinski definition) is 8. The molecule has 3 aromatic carbocycles.